The van der Waals surface area contributed by atoms with Crippen LogP contribution in [0.4, 0.5) is 0 Å². The number of amides is 1. The fraction of sp³-hybridized carbons (Fsp3) is 0.625. The number of fused-ring (bicyclic) bond motifs is 1. The standard InChI is InChI=1S/C24H35N5O3/c1-18-25-19(2)29(26-18)17-24(30)28-11-5-4-6-21-15-27(16-23(21)28)14-20-7-9-22(10-8-20)32-13-12-31-3/h7-10,21,23H,4-6,11-17H2,1-3H3/t21-,23+/m0/s1. The molecule has 2 aromatic rings. The first-order valence-corrected chi connectivity index (χ1v) is 11.6. The van der Waals surface area contributed by atoms with Gasteiger partial charge in [0.1, 0.15) is 30.5 Å². The van der Waals surface area contributed by atoms with Gasteiger partial charge in [-0.1, -0.05) is 18.6 Å². The Labute approximate surface area is 190 Å². The second-order valence-corrected chi connectivity index (χ2v) is 8.95. The third-order valence-electron chi connectivity index (χ3n) is 6.56. The molecule has 8 heteroatoms. The second kappa shape index (κ2) is 10.4. The average molecular weight is 442 g/mol. The highest BCUT2D eigenvalue weighted by Gasteiger charge is 2.39. The van der Waals surface area contributed by atoms with Crippen molar-refractivity contribution in [2.45, 2.75) is 52.2 Å². The Kier molecular flexibility index (Phi) is 7.42. The zero-order valence-electron chi connectivity index (χ0n) is 19.5. The fourth-order valence-electron chi connectivity index (χ4n) is 4.99. The van der Waals surface area contributed by atoms with Crippen molar-refractivity contribution in [3.8, 4) is 5.75 Å². The van der Waals surface area contributed by atoms with Gasteiger partial charge in [-0.25, -0.2) is 9.67 Å². The quantitative estimate of drug-likeness (QED) is 0.586. The Morgan fingerprint density at radius 2 is 1.94 bits per heavy atom. The molecule has 0 saturated carbocycles. The fourth-order valence-corrected chi connectivity index (χ4v) is 4.99. The number of ether oxygens (including phenoxy) is 2. The molecule has 3 heterocycles. The molecule has 1 amide bonds. The molecule has 1 aromatic heterocycles. The van der Waals surface area contributed by atoms with Crippen LogP contribution in [0.3, 0.4) is 0 Å². The van der Waals surface area contributed by atoms with E-state index in [1.165, 1.54) is 18.4 Å². The highest BCUT2D eigenvalue weighted by atomic mass is 16.5. The Hall–Kier alpha value is -2.45. The number of carbonyl (C=O) groups excluding carboxylic acids is 1. The molecule has 2 saturated heterocycles. The number of rotatable bonds is 8. The molecule has 0 N–H and O–H groups in total. The van der Waals surface area contributed by atoms with E-state index in [-0.39, 0.29) is 18.5 Å². The van der Waals surface area contributed by atoms with Gasteiger partial charge in [0.05, 0.1) is 6.61 Å². The number of benzene rings is 1. The van der Waals surface area contributed by atoms with Gasteiger partial charge < -0.3 is 14.4 Å². The largest absolute Gasteiger partial charge is 0.491 e. The van der Waals surface area contributed by atoms with Crippen LogP contribution in [0.5, 0.6) is 5.75 Å². The second-order valence-electron chi connectivity index (χ2n) is 8.95. The summed E-state index contributed by atoms with van der Waals surface area (Å²) in [4.78, 5) is 22.2. The summed E-state index contributed by atoms with van der Waals surface area (Å²) in [5.74, 6) is 3.08. The minimum atomic E-state index is 0.161. The van der Waals surface area contributed by atoms with Crippen LogP contribution in [0, 0.1) is 19.8 Å². The summed E-state index contributed by atoms with van der Waals surface area (Å²) in [7, 11) is 1.67. The monoisotopic (exact) mass is 441 g/mol. The molecule has 174 valence electrons. The maximum Gasteiger partial charge on any atom is 0.244 e. The molecule has 32 heavy (non-hydrogen) atoms. The summed E-state index contributed by atoms with van der Waals surface area (Å²) in [5.41, 5.74) is 1.27. The highest BCUT2D eigenvalue weighted by Crippen LogP contribution is 2.31. The topological polar surface area (TPSA) is 72.7 Å². The van der Waals surface area contributed by atoms with E-state index in [9.17, 15) is 4.79 Å². The zero-order chi connectivity index (χ0) is 22.5. The van der Waals surface area contributed by atoms with Crippen molar-refractivity contribution < 1.29 is 14.3 Å². The number of aryl methyl sites for hydroxylation is 2. The average Bonchev–Trinajstić information content (AvgIpc) is 3.24. The van der Waals surface area contributed by atoms with Crippen LogP contribution in [-0.4, -0.2) is 76.5 Å². The number of hydrogen-bond acceptors (Lipinski definition) is 6. The lowest BCUT2D eigenvalue weighted by Gasteiger charge is -2.30. The first kappa shape index (κ1) is 22.7. The maximum atomic E-state index is 13.2. The van der Waals surface area contributed by atoms with Crippen molar-refractivity contribution in [1.29, 1.82) is 0 Å². The van der Waals surface area contributed by atoms with E-state index in [2.05, 4.69) is 32.0 Å². The smallest absolute Gasteiger partial charge is 0.244 e. The molecule has 0 bridgehead atoms. The van der Waals surface area contributed by atoms with Crippen LogP contribution in [-0.2, 0) is 22.6 Å². The van der Waals surface area contributed by atoms with Gasteiger partial charge in [-0.05, 0) is 50.3 Å². The van der Waals surface area contributed by atoms with Crippen molar-refractivity contribution in [2.24, 2.45) is 5.92 Å². The maximum absolute atomic E-state index is 13.2. The molecule has 1 aromatic carbocycles. The number of likely N-dealkylation sites (tertiary alicyclic amines) is 2. The number of carbonyl (C=O) groups is 1. The predicted octanol–water partition coefficient (Wildman–Crippen LogP) is 2.43. The van der Waals surface area contributed by atoms with E-state index in [0.29, 0.717) is 25.0 Å². The Balaban J connectivity index is 1.37. The van der Waals surface area contributed by atoms with E-state index in [1.54, 1.807) is 11.8 Å². The van der Waals surface area contributed by atoms with Crippen molar-refractivity contribution in [3.63, 3.8) is 0 Å². The lowest BCUT2D eigenvalue weighted by molar-refractivity contribution is -0.134. The van der Waals surface area contributed by atoms with Gasteiger partial charge in [-0.15, -0.1) is 0 Å². The molecule has 0 radical (unpaired) electrons. The molecule has 8 nitrogen and oxygen atoms in total. The minimum absolute atomic E-state index is 0.161. The molecule has 2 aliphatic rings. The van der Waals surface area contributed by atoms with Crippen LogP contribution < -0.4 is 4.74 Å². The van der Waals surface area contributed by atoms with E-state index in [1.807, 2.05) is 26.0 Å². The number of aromatic nitrogens is 3. The van der Waals surface area contributed by atoms with Crippen molar-refractivity contribution >= 4 is 5.91 Å². The third kappa shape index (κ3) is 5.48. The molecule has 2 aliphatic heterocycles. The van der Waals surface area contributed by atoms with Gasteiger partial charge in [0.2, 0.25) is 5.91 Å². The Morgan fingerprint density at radius 1 is 1.12 bits per heavy atom. The van der Waals surface area contributed by atoms with Crippen LogP contribution in [0.25, 0.3) is 0 Å². The van der Waals surface area contributed by atoms with Crippen molar-refractivity contribution in [3.05, 3.63) is 41.5 Å². The van der Waals surface area contributed by atoms with Crippen LogP contribution >= 0.6 is 0 Å². The lowest BCUT2D eigenvalue weighted by Crippen LogP contribution is -2.45. The van der Waals surface area contributed by atoms with Gasteiger partial charge in [0.15, 0.2) is 0 Å². The normalized spacial score (nSPS) is 21.4. The molecule has 2 atom stereocenters. The third-order valence-corrected chi connectivity index (χ3v) is 6.56. The Bertz CT molecular complexity index is 898. The summed E-state index contributed by atoms with van der Waals surface area (Å²) in [6, 6.07) is 8.60. The predicted molar refractivity (Wildman–Crippen MR) is 121 cm³/mol. The minimum Gasteiger partial charge on any atom is -0.491 e. The first-order valence-electron chi connectivity index (χ1n) is 11.6. The Morgan fingerprint density at radius 3 is 2.66 bits per heavy atom. The molecule has 4 rings (SSSR count). The summed E-state index contributed by atoms with van der Waals surface area (Å²) < 4.78 is 12.4. The number of methoxy groups -OCH3 is 1. The molecular formula is C24H35N5O3. The van der Waals surface area contributed by atoms with E-state index < -0.39 is 0 Å². The SMILES string of the molecule is COCCOc1ccc(CN2C[C@@H]3CCCCN(C(=O)Cn4nc(C)nc4C)[C@@H]3C2)cc1. The van der Waals surface area contributed by atoms with Gasteiger partial charge in [0.25, 0.3) is 0 Å². The molecular weight excluding hydrogens is 406 g/mol. The number of hydrogen-bond donors (Lipinski definition) is 0. The summed E-state index contributed by atoms with van der Waals surface area (Å²) in [5, 5.41) is 4.39. The van der Waals surface area contributed by atoms with Gasteiger partial charge in [-0.3, -0.25) is 9.69 Å². The van der Waals surface area contributed by atoms with Crippen molar-refractivity contribution in [1.82, 2.24) is 24.6 Å². The molecule has 0 spiro atoms. The van der Waals surface area contributed by atoms with Crippen LogP contribution in [0.1, 0.15) is 36.5 Å². The molecule has 2 fully saturated rings. The first-order chi connectivity index (χ1) is 15.5. The summed E-state index contributed by atoms with van der Waals surface area (Å²) >= 11 is 0. The van der Waals surface area contributed by atoms with E-state index in [0.717, 1.165) is 44.2 Å². The van der Waals surface area contributed by atoms with Gasteiger partial charge >= 0.3 is 0 Å². The van der Waals surface area contributed by atoms with E-state index >= 15 is 0 Å². The van der Waals surface area contributed by atoms with Gasteiger partial charge in [0, 0.05) is 39.3 Å². The number of nitrogens with zero attached hydrogens (tertiary/aromatic N) is 5. The lowest BCUT2D eigenvalue weighted by atomic mass is 9.98. The zero-order valence-corrected chi connectivity index (χ0v) is 19.5. The van der Waals surface area contributed by atoms with Gasteiger partial charge in [-0.2, -0.15) is 5.10 Å². The molecule has 0 aliphatic carbocycles. The highest BCUT2D eigenvalue weighted by molar-refractivity contribution is 5.76. The summed E-state index contributed by atoms with van der Waals surface area (Å²) in [6.45, 7) is 8.91. The van der Waals surface area contributed by atoms with Crippen LogP contribution in [0.15, 0.2) is 24.3 Å². The van der Waals surface area contributed by atoms with E-state index in [4.69, 9.17) is 9.47 Å². The summed E-state index contributed by atoms with van der Waals surface area (Å²) in [6.07, 6.45) is 3.46. The van der Waals surface area contributed by atoms with Crippen molar-refractivity contribution in [2.75, 3.05) is 40.0 Å². The molecule has 0 unspecified atom stereocenters. The van der Waals surface area contributed by atoms with Crippen LogP contribution in [0.2, 0.25) is 0 Å².